The molecule has 1 heterocycles. The van der Waals surface area contributed by atoms with Gasteiger partial charge in [0.1, 0.15) is 18.1 Å². The summed E-state index contributed by atoms with van der Waals surface area (Å²) in [6.07, 6.45) is 1.28. The van der Waals surface area contributed by atoms with Crippen molar-refractivity contribution in [3.05, 3.63) is 48.5 Å². The van der Waals surface area contributed by atoms with Crippen molar-refractivity contribution in [2.45, 2.75) is 26.1 Å². The van der Waals surface area contributed by atoms with E-state index in [1.54, 1.807) is 4.57 Å². The highest BCUT2D eigenvalue weighted by molar-refractivity contribution is 5.35. The second kappa shape index (κ2) is 5.77. The fourth-order valence-corrected chi connectivity index (χ4v) is 1.65. The van der Waals surface area contributed by atoms with Crippen LogP contribution in [0.4, 0.5) is 13.2 Å². The summed E-state index contributed by atoms with van der Waals surface area (Å²) in [6.45, 7) is 4.08. The van der Waals surface area contributed by atoms with Crippen LogP contribution in [0, 0.1) is 0 Å². The third-order valence-corrected chi connectivity index (χ3v) is 2.75. The molecule has 0 atom stereocenters. The number of imidazole rings is 1. The largest absolute Gasteiger partial charge is 1.00 e. The summed E-state index contributed by atoms with van der Waals surface area (Å²) in [5.41, 5.74) is 0.0811. The first-order chi connectivity index (χ1) is 8.38. The van der Waals surface area contributed by atoms with Crippen molar-refractivity contribution in [3.63, 3.8) is 0 Å². The van der Waals surface area contributed by atoms with Crippen LogP contribution in [0.3, 0.4) is 0 Å². The molecule has 1 aromatic carbocycles. The van der Waals surface area contributed by atoms with E-state index in [2.05, 4.69) is 0 Å². The lowest BCUT2D eigenvalue weighted by Gasteiger charge is -2.05. The van der Waals surface area contributed by atoms with Gasteiger partial charge < -0.3 is 17.0 Å². The van der Waals surface area contributed by atoms with Gasteiger partial charge in [0.25, 0.3) is 0 Å². The van der Waals surface area contributed by atoms with Crippen LogP contribution in [0.2, 0.25) is 0 Å². The molecule has 0 aliphatic carbocycles. The maximum absolute atomic E-state index is 12.4. The van der Waals surface area contributed by atoms with Gasteiger partial charge in [0, 0.05) is 0 Å². The summed E-state index contributed by atoms with van der Waals surface area (Å²) in [4.78, 5) is 0. The third-order valence-electron chi connectivity index (χ3n) is 2.75. The molecule has 104 valence electrons. The van der Waals surface area contributed by atoms with Gasteiger partial charge in [0.05, 0.1) is 11.6 Å². The minimum atomic E-state index is -4.28. The van der Waals surface area contributed by atoms with Gasteiger partial charge in [-0.2, -0.15) is 13.2 Å². The van der Waals surface area contributed by atoms with E-state index in [-0.39, 0.29) is 17.0 Å². The Labute approximate surface area is 120 Å². The molecule has 0 spiro atoms. The van der Waals surface area contributed by atoms with Gasteiger partial charge >= 0.3 is 6.18 Å². The van der Waals surface area contributed by atoms with Gasteiger partial charge in [-0.1, -0.05) is 0 Å². The Hall–Kier alpha value is -1.30. The molecule has 0 unspecified atom stereocenters. The zero-order valence-corrected chi connectivity index (χ0v) is 12.1. The molecule has 0 amide bonds. The highest BCUT2D eigenvalue weighted by Gasteiger charge is 2.30. The van der Waals surface area contributed by atoms with Crippen molar-refractivity contribution in [1.82, 2.24) is 4.57 Å². The molecule has 0 radical (unpaired) electrons. The van der Waals surface area contributed by atoms with Crippen LogP contribution in [0.1, 0.15) is 25.5 Å². The first-order valence-electron chi connectivity index (χ1n) is 5.64. The second-order valence-electron chi connectivity index (χ2n) is 4.41. The Balaban J connectivity index is 0.00000180. The molecule has 0 bridgehead atoms. The number of benzene rings is 1. The van der Waals surface area contributed by atoms with Crippen LogP contribution >= 0.6 is 0 Å². The molecular formula is C13H14BrF3N2. The van der Waals surface area contributed by atoms with E-state index in [1.807, 2.05) is 37.1 Å². The van der Waals surface area contributed by atoms with Crippen LogP contribution in [0.15, 0.2) is 43.0 Å². The fourth-order valence-electron chi connectivity index (χ4n) is 1.65. The molecule has 2 aromatic rings. The van der Waals surface area contributed by atoms with Crippen LogP contribution in [-0.2, 0) is 6.18 Å². The van der Waals surface area contributed by atoms with Gasteiger partial charge in [0.2, 0.25) is 6.33 Å². The van der Waals surface area contributed by atoms with E-state index in [4.69, 9.17) is 0 Å². The maximum Gasteiger partial charge on any atom is 0.416 e. The number of hydrogen-bond acceptors (Lipinski definition) is 0. The lowest BCUT2D eigenvalue weighted by atomic mass is 10.2. The van der Waals surface area contributed by atoms with Crippen molar-refractivity contribution in [3.8, 4) is 5.69 Å². The first kappa shape index (κ1) is 15.8. The maximum atomic E-state index is 12.4. The van der Waals surface area contributed by atoms with Crippen LogP contribution < -0.4 is 21.5 Å². The molecule has 0 fully saturated rings. The fraction of sp³-hybridized carbons (Fsp3) is 0.308. The lowest BCUT2D eigenvalue weighted by molar-refractivity contribution is -0.715. The summed E-state index contributed by atoms with van der Waals surface area (Å²) in [6, 6.07) is 5.44. The standard InChI is InChI=1S/C13H14F3N2.BrH/c1-10(2)17-7-8-18(9-17)12-5-3-11(4-6-12)13(14,15)16;/h3-10H,1-2H3;1H/q+1;/p-1. The number of rotatable bonds is 2. The van der Waals surface area contributed by atoms with Crippen molar-refractivity contribution in [2.24, 2.45) is 0 Å². The molecule has 0 N–H and O–H groups in total. The topological polar surface area (TPSA) is 8.81 Å². The SMILES string of the molecule is CC(C)[n+]1ccn(-c2ccc(C(F)(F)F)cc2)c1.[Br-]. The normalized spacial score (nSPS) is 11.5. The first-order valence-corrected chi connectivity index (χ1v) is 5.64. The van der Waals surface area contributed by atoms with Crippen LogP contribution in [0.25, 0.3) is 5.69 Å². The van der Waals surface area contributed by atoms with Crippen LogP contribution in [-0.4, -0.2) is 4.57 Å². The van der Waals surface area contributed by atoms with Gasteiger partial charge in [-0.05, 0) is 38.1 Å². The minimum Gasteiger partial charge on any atom is -1.00 e. The van der Waals surface area contributed by atoms with E-state index in [0.29, 0.717) is 11.7 Å². The number of halogens is 4. The Morgan fingerprint density at radius 2 is 1.68 bits per heavy atom. The summed E-state index contributed by atoms with van der Waals surface area (Å²) in [5, 5.41) is 0. The van der Waals surface area contributed by atoms with E-state index in [9.17, 15) is 13.2 Å². The quantitative estimate of drug-likeness (QED) is 0.702. The van der Waals surface area contributed by atoms with Gasteiger partial charge in [0.15, 0.2) is 0 Å². The summed E-state index contributed by atoms with van der Waals surface area (Å²) >= 11 is 0. The molecule has 19 heavy (non-hydrogen) atoms. The van der Waals surface area contributed by atoms with Crippen molar-refractivity contribution in [1.29, 1.82) is 0 Å². The highest BCUT2D eigenvalue weighted by Crippen LogP contribution is 2.29. The van der Waals surface area contributed by atoms with Crippen LogP contribution in [0.5, 0.6) is 0 Å². The molecule has 0 aliphatic heterocycles. The van der Waals surface area contributed by atoms with Crippen molar-refractivity contribution in [2.75, 3.05) is 0 Å². The Bertz CT molecular complexity index is 530. The van der Waals surface area contributed by atoms with Crippen molar-refractivity contribution < 1.29 is 34.7 Å². The van der Waals surface area contributed by atoms with E-state index in [1.165, 1.54) is 12.1 Å². The zero-order valence-electron chi connectivity index (χ0n) is 10.5. The summed E-state index contributed by atoms with van der Waals surface area (Å²) < 4.78 is 41.0. The molecule has 0 aliphatic rings. The smallest absolute Gasteiger partial charge is 0.416 e. The van der Waals surface area contributed by atoms with E-state index < -0.39 is 11.7 Å². The molecule has 2 nitrogen and oxygen atoms in total. The highest BCUT2D eigenvalue weighted by atomic mass is 79.9. The number of aromatic nitrogens is 2. The Morgan fingerprint density at radius 1 is 1.11 bits per heavy atom. The van der Waals surface area contributed by atoms with Crippen molar-refractivity contribution >= 4 is 0 Å². The number of nitrogens with zero attached hydrogens (tertiary/aromatic N) is 2. The summed E-state index contributed by atoms with van der Waals surface area (Å²) in [7, 11) is 0. The molecule has 6 heteroatoms. The Kier molecular flexibility index (Phi) is 4.79. The summed E-state index contributed by atoms with van der Waals surface area (Å²) in [5.74, 6) is 0. The van der Waals surface area contributed by atoms with Gasteiger partial charge in [-0.3, -0.25) is 0 Å². The van der Waals surface area contributed by atoms with E-state index in [0.717, 1.165) is 12.1 Å². The molecular weight excluding hydrogens is 321 g/mol. The average molecular weight is 335 g/mol. The van der Waals surface area contributed by atoms with E-state index >= 15 is 0 Å². The molecule has 0 saturated carbocycles. The monoisotopic (exact) mass is 334 g/mol. The average Bonchev–Trinajstić information content (AvgIpc) is 2.77. The molecule has 2 rings (SSSR count). The zero-order chi connectivity index (χ0) is 13.3. The molecule has 1 aromatic heterocycles. The third kappa shape index (κ3) is 3.59. The van der Waals surface area contributed by atoms with Gasteiger partial charge in [-0.25, -0.2) is 9.13 Å². The second-order valence-corrected chi connectivity index (χ2v) is 4.41. The molecule has 0 saturated heterocycles. The Morgan fingerprint density at radius 3 is 2.11 bits per heavy atom. The number of hydrogen-bond donors (Lipinski definition) is 0. The minimum absolute atomic E-state index is 0. The predicted molar refractivity (Wildman–Crippen MR) is 61.4 cm³/mol. The predicted octanol–water partition coefficient (Wildman–Crippen LogP) is 0.368. The lowest BCUT2D eigenvalue weighted by Crippen LogP contribution is -3.00. The van der Waals surface area contributed by atoms with Gasteiger partial charge in [-0.15, -0.1) is 0 Å². The number of alkyl halides is 3.